The summed E-state index contributed by atoms with van der Waals surface area (Å²) >= 11 is 0. The Balaban J connectivity index is 2.18. The summed E-state index contributed by atoms with van der Waals surface area (Å²) in [7, 11) is 0. The Labute approximate surface area is 125 Å². The molecular weight excluding hydrogens is 258 g/mol. The Morgan fingerprint density at radius 3 is 2.19 bits per heavy atom. The molecule has 0 unspecified atom stereocenters. The fourth-order valence-corrected chi connectivity index (χ4v) is 2.65. The molecule has 1 N–H and O–H groups in total. The van der Waals surface area contributed by atoms with Gasteiger partial charge in [-0.15, -0.1) is 0 Å². The first kappa shape index (κ1) is 13.7. The summed E-state index contributed by atoms with van der Waals surface area (Å²) in [5, 5.41) is 10.4. The van der Waals surface area contributed by atoms with Crippen LogP contribution in [0.5, 0.6) is 0 Å². The maximum Gasteiger partial charge on any atom is 0.0847 e. The highest BCUT2D eigenvalue weighted by molar-refractivity contribution is 5.68. The van der Waals surface area contributed by atoms with Gasteiger partial charge in [-0.1, -0.05) is 42.5 Å². The van der Waals surface area contributed by atoms with E-state index in [1.54, 1.807) is 0 Å². The number of aliphatic hydroxyl groups is 1. The second-order valence-corrected chi connectivity index (χ2v) is 5.70. The molecule has 0 aliphatic carbocycles. The van der Waals surface area contributed by atoms with Crippen molar-refractivity contribution in [2.24, 2.45) is 0 Å². The highest BCUT2D eigenvalue weighted by atomic mass is 16.3. The van der Waals surface area contributed by atoms with E-state index in [1.807, 2.05) is 62.5 Å². The molecular formula is C19H19NO. The van der Waals surface area contributed by atoms with Crippen molar-refractivity contribution < 1.29 is 5.11 Å². The first-order valence-corrected chi connectivity index (χ1v) is 7.12. The summed E-state index contributed by atoms with van der Waals surface area (Å²) in [6.07, 6.45) is 2.05. The molecule has 0 aliphatic rings. The van der Waals surface area contributed by atoms with E-state index in [0.717, 1.165) is 22.5 Å². The van der Waals surface area contributed by atoms with Crippen molar-refractivity contribution in [2.45, 2.75) is 19.4 Å². The van der Waals surface area contributed by atoms with Crippen LogP contribution in [-0.4, -0.2) is 9.67 Å². The average Bonchev–Trinajstić information content (AvgIpc) is 2.96. The first-order chi connectivity index (χ1) is 10.1. The molecule has 2 nitrogen and oxygen atoms in total. The van der Waals surface area contributed by atoms with Gasteiger partial charge in [-0.3, -0.25) is 0 Å². The van der Waals surface area contributed by atoms with E-state index in [9.17, 15) is 5.11 Å². The summed E-state index contributed by atoms with van der Waals surface area (Å²) < 4.78 is 2.14. The third-order valence-electron chi connectivity index (χ3n) is 3.65. The Kier molecular flexibility index (Phi) is 3.40. The van der Waals surface area contributed by atoms with Gasteiger partial charge in [0.15, 0.2) is 0 Å². The van der Waals surface area contributed by atoms with Crippen molar-refractivity contribution in [3.05, 3.63) is 78.5 Å². The molecule has 0 amide bonds. The van der Waals surface area contributed by atoms with E-state index in [-0.39, 0.29) is 0 Å². The molecule has 0 aliphatic heterocycles. The van der Waals surface area contributed by atoms with Gasteiger partial charge in [0.05, 0.1) is 11.3 Å². The molecule has 0 bridgehead atoms. The van der Waals surface area contributed by atoms with Gasteiger partial charge in [-0.2, -0.15) is 0 Å². The van der Waals surface area contributed by atoms with Crippen LogP contribution in [0.1, 0.15) is 19.4 Å². The molecule has 2 heteroatoms. The highest BCUT2D eigenvalue weighted by Gasteiger charge is 2.21. The lowest BCUT2D eigenvalue weighted by Gasteiger charge is -2.22. The van der Waals surface area contributed by atoms with E-state index in [1.165, 1.54) is 0 Å². The van der Waals surface area contributed by atoms with Crippen LogP contribution in [0.15, 0.2) is 72.9 Å². The lowest BCUT2D eigenvalue weighted by Crippen LogP contribution is -2.17. The molecule has 0 saturated carbocycles. The monoisotopic (exact) mass is 277 g/mol. The molecule has 3 rings (SSSR count). The molecule has 0 saturated heterocycles. The van der Waals surface area contributed by atoms with E-state index in [4.69, 9.17) is 0 Å². The van der Waals surface area contributed by atoms with Gasteiger partial charge in [0.1, 0.15) is 0 Å². The lowest BCUT2D eigenvalue weighted by atomic mass is 9.91. The minimum atomic E-state index is -0.873. The lowest BCUT2D eigenvalue weighted by molar-refractivity contribution is 0.0792. The Morgan fingerprint density at radius 2 is 1.48 bits per heavy atom. The molecule has 0 fully saturated rings. The average molecular weight is 277 g/mol. The van der Waals surface area contributed by atoms with Crippen LogP contribution in [0.2, 0.25) is 0 Å². The van der Waals surface area contributed by atoms with Crippen LogP contribution >= 0.6 is 0 Å². The minimum absolute atomic E-state index is 0.873. The van der Waals surface area contributed by atoms with Gasteiger partial charge >= 0.3 is 0 Å². The zero-order valence-corrected chi connectivity index (χ0v) is 12.3. The number of benzene rings is 2. The zero-order valence-electron chi connectivity index (χ0n) is 12.3. The molecule has 3 aromatic rings. The van der Waals surface area contributed by atoms with Crippen LogP contribution in [-0.2, 0) is 5.60 Å². The van der Waals surface area contributed by atoms with Gasteiger partial charge < -0.3 is 9.67 Å². The second-order valence-electron chi connectivity index (χ2n) is 5.70. The predicted molar refractivity (Wildman–Crippen MR) is 86.4 cm³/mol. The van der Waals surface area contributed by atoms with Crippen LogP contribution in [0.25, 0.3) is 16.9 Å². The quantitative estimate of drug-likeness (QED) is 0.755. The predicted octanol–water partition coefficient (Wildman–Crippen LogP) is 4.37. The summed E-state index contributed by atoms with van der Waals surface area (Å²) in [6, 6.07) is 22.4. The van der Waals surface area contributed by atoms with E-state index in [0.29, 0.717) is 0 Å². The molecule has 0 atom stereocenters. The summed E-state index contributed by atoms with van der Waals surface area (Å²) in [4.78, 5) is 0. The van der Waals surface area contributed by atoms with Crippen molar-refractivity contribution in [3.8, 4) is 16.9 Å². The first-order valence-electron chi connectivity index (χ1n) is 7.12. The number of rotatable bonds is 3. The van der Waals surface area contributed by atoms with Gasteiger partial charge in [-0.25, -0.2) is 0 Å². The van der Waals surface area contributed by atoms with Crippen LogP contribution in [0.4, 0.5) is 0 Å². The summed E-state index contributed by atoms with van der Waals surface area (Å²) in [6.45, 7) is 3.64. The number of hydrogen-bond donors (Lipinski definition) is 1. The van der Waals surface area contributed by atoms with E-state index >= 15 is 0 Å². The Morgan fingerprint density at radius 1 is 0.810 bits per heavy atom. The van der Waals surface area contributed by atoms with Crippen molar-refractivity contribution in [3.63, 3.8) is 0 Å². The number of nitrogens with zero attached hydrogens (tertiary/aromatic N) is 1. The van der Waals surface area contributed by atoms with Crippen molar-refractivity contribution in [1.29, 1.82) is 0 Å². The van der Waals surface area contributed by atoms with Crippen LogP contribution in [0, 0.1) is 0 Å². The largest absolute Gasteiger partial charge is 0.386 e. The topological polar surface area (TPSA) is 25.2 Å². The zero-order chi connectivity index (χ0) is 14.9. The number of hydrogen-bond acceptors (Lipinski definition) is 1. The van der Waals surface area contributed by atoms with Gasteiger partial charge in [0.25, 0.3) is 0 Å². The minimum Gasteiger partial charge on any atom is -0.386 e. The Hall–Kier alpha value is -2.32. The van der Waals surface area contributed by atoms with Gasteiger partial charge in [0, 0.05) is 17.4 Å². The van der Waals surface area contributed by atoms with Crippen molar-refractivity contribution >= 4 is 0 Å². The number of para-hydroxylation sites is 1. The smallest absolute Gasteiger partial charge is 0.0847 e. The SMILES string of the molecule is CC(C)(O)c1ccccc1-c1cccn1-c1ccccc1. The fraction of sp³-hybridized carbons (Fsp3) is 0.158. The highest BCUT2D eigenvalue weighted by Crippen LogP contribution is 2.32. The van der Waals surface area contributed by atoms with E-state index in [2.05, 4.69) is 28.8 Å². The van der Waals surface area contributed by atoms with Crippen molar-refractivity contribution in [2.75, 3.05) is 0 Å². The van der Waals surface area contributed by atoms with Crippen LogP contribution < -0.4 is 0 Å². The molecule has 0 spiro atoms. The summed E-state index contributed by atoms with van der Waals surface area (Å²) in [5.41, 5.74) is 3.31. The maximum atomic E-state index is 10.4. The van der Waals surface area contributed by atoms with Gasteiger partial charge in [0.2, 0.25) is 0 Å². The molecule has 2 aromatic carbocycles. The molecule has 0 radical (unpaired) electrons. The Bertz CT molecular complexity index is 736. The molecule has 106 valence electrons. The normalized spacial score (nSPS) is 11.6. The third-order valence-corrected chi connectivity index (χ3v) is 3.65. The second kappa shape index (κ2) is 5.23. The standard InChI is InChI=1S/C19H19NO/c1-19(2,21)17-12-7-6-11-16(17)18-13-8-14-20(18)15-9-4-3-5-10-15/h3-14,21H,1-2H3. The third kappa shape index (κ3) is 2.63. The number of aromatic nitrogens is 1. The molecule has 21 heavy (non-hydrogen) atoms. The van der Waals surface area contributed by atoms with Crippen LogP contribution in [0.3, 0.4) is 0 Å². The fourth-order valence-electron chi connectivity index (χ4n) is 2.65. The summed E-state index contributed by atoms with van der Waals surface area (Å²) in [5.74, 6) is 0. The van der Waals surface area contributed by atoms with E-state index < -0.39 is 5.60 Å². The van der Waals surface area contributed by atoms with Gasteiger partial charge in [-0.05, 0) is 43.7 Å². The molecule has 1 aromatic heterocycles. The molecule has 1 heterocycles. The van der Waals surface area contributed by atoms with Crippen molar-refractivity contribution in [1.82, 2.24) is 4.57 Å². The maximum absolute atomic E-state index is 10.4.